The van der Waals surface area contributed by atoms with Crippen molar-refractivity contribution < 1.29 is 9.59 Å². The summed E-state index contributed by atoms with van der Waals surface area (Å²) < 4.78 is 0. The van der Waals surface area contributed by atoms with Crippen molar-refractivity contribution in [2.75, 3.05) is 0 Å². The van der Waals surface area contributed by atoms with Gasteiger partial charge in [0.2, 0.25) is 11.8 Å². The molecule has 2 atom stereocenters. The fourth-order valence-corrected chi connectivity index (χ4v) is 2.18. The zero-order chi connectivity index (χ0) is 10.6. The third kappa shape index (κ3) is 3.77. The van der Waals surface area contributed by atoms with Crippen molar-refractivity contribution in [2.45, 2.75) is 45.1 Å². The van der Waals surface area contributed by atoms with Gasteiger partial charge in [-0.3, -0.25) is 9.59 Å². The lowest BCUT2D eigenvalue weighted by Gasteiger charge is -2.28. The minimum Gasteiger partial charge on any atom is -0.370 e. The second-order valence-electron chi connectivity index (χ2n) is 4.10. The number of nitrogens with two attached hydrogens (primary N) is 1. The van der Waals surface area contributed by atoms with E-state index in [0.29, 0.717) is 12.3 Å². The van der Waals surface area contributed by atoms with Crippen LogP contribution in [0.2, 0.25) is 0 Å². The minimum absolute atomic E-state index is 0.00900. The van der Waals surface area contributed by atoms with Gasteiger partial charge in [0.05, 0.1) is 0 Å². The summed E-state index contributed by atoms with van der Waals surface area (Å²) in [6, 6.07) is 0.241. The molecule has 0 aromatic heterocycles. The molecule has 1 aliphatic carbocycles. The van der Waals surface area contributed by atoms with E-state index in [2.05, 4.69) is 5.32 Å². The highest BCUT2D eigenvalue weighted by Crippen LogP contribution is 2.26. The van der Waals surface area contributed by atoms with Crippen LogP contribution in [0.1, 0.15) is 39.0 Å². The van der Waals surface area contributed by atoms with E-state index in [9.17, 15) is 9.59 Å². The van der Waals surface area contributed by atoms with Crippen LogP contribution >= 0.6 is 0 Å². The first-order valence-corrected chi connectivity index (χ1v) is 5.13. The number of hydrogen-bond acceptors (Lipinski definition) is 2. The van der Waals surface area contributed by atoms with Gasteiger partial charge in [0.25, 0.3) is 0 Å². The summed E-state index contributed by atoms with van der Waals surface area (Å²) in [6.07, 6.45) is 4.50. The molecular formula is C10H18N2O2. The van der Waals surface area contributed by atoms with Crippen LogP contribution in [0.25, 0.3) is 0 Å². The predicted octanol–water partition coefficient (Wildman–Crippen LogP) is 0.557. The highest BCUT2D eigenvalue weighted by molar-refractivity contribution is 5.74. The van der Waals surface area contributed by atoms with E-state index in [4.69, 9.17) is 5.73 Å². The number of rotatable bonds is 3. The van der Waals surface area contributed by atoms with Crippen molar-refractivity contribution in [3.8, 4) is 0 Å². The molecule has 0 radical (unpaired) electrons. The summed E-state index contributed by atoms with van der Waals surface area (Å²) in [6.45, 7) is 1.53. The fraction of sp³-hybridized carbons (Fsp3) is 0.800. The van der Waals surface area contributed by atoms with E-state index < -0.39 is 0 Å². The average molecular weight is 198 g/mol. The number of primary amides is 1. The standard InChI is InChI=1S/C10H18N2O2/c1-7(13)12-9-4-2-3-8(5-9)6-10(11)14/h8-9H,2-6H2,1H3,(H2,11,14)(H,12,13). The highest BCUT2D eigenvalue weighted by Gasteiger charge is 2.23. The van der Waals surface area contributed by atoms with E-state index in [1.165, 1.54) is 6.92 Å². The molecule has 3 N–H and O–H groups in total. The molecule has 2 unspecified atom stereocenters. The first kappa shape index (κ1) is 11.0. The molecule has 0 aromatic carbocycles. The minimum atomic E-state index is -0.238. The first-order chi connectivity index (χ1) is 6.58. The summed E-state index contributed by atoms with van der Waals surface area (Å²) in [5, 5.41) is 2.89. The van der Waals surface area contributed by atoms with Crippen LogP contribution in [0, 0.1) is 5.92 Å². The van der Waals surface area contributed by atoms with Gasteiger partial charge in [-0.15, -0.1) is 0 Å². The molecule has 2 amide bonds. The third-order valence-electron chi connectivity index (χ3n) is 2.68. The lowest BCUT2D eigenvalue weighted by atomic mass is 9.83. The first-order valence-electron chi connectivity index (χ1n) is 5.13. The van der Waals surface area contributed by atoms with Crippen LogP contribution < -0.4 is 11.1 Å². The third-order valence-corrected chi connectivity index (χ3v) is 2.68. The molecule has 1 fully saturated rings. The van der Waals surface area contributed by atoms with E-state index in [0.717, 1.165) is 25.7 Å². The SMILES string of the molecule is CC(=O)NC1CCCC(CC(N)=O)C1. The van der Waals surface area contributed by atoms with Crippen molar-refractivity contribution in [3.05, 3.63) is 0 Å². The summed E-state index contributed by atoms with van der Waals surface area (Å²) >= 11 is 0. The zero-order valence-corrected chi connectivity index (χ0v) is 8.58. The lowest BCUT2D eigenvalue weighted by Crippen LogP contribution is -2.37. The van der Waals surface area contributed by atoms with Crippen LogP contribution in [0.3, 0.4) is 0 Å². The van der Waals surface area contributed by atoms with Crippen LogP contribution in [0.4, 0.5) is 0 Å². The maximum atomic E-state index is 10.8. The molecule has 0 spiro atoms. The lowest BCUT2D eigenvalue weighted by molar-refractivity contribution is -0.120. The van der Waals surface area contributed by atoms with Crippen molar-refractivity contribution in [2.24, 2.45) is 11.7 Å². The van der Waals surface area contributed by atoms with Crippen molar-refractivity contribution >= 4 is 11.8 Å². The number of hydrogen-bond donors (Lipinski definition) is 2. The Morgan fingerprint density at radius 1 is 1.43 bits per heavy atom. The molecule has 80 valence electrons. The fourth-order valence-electron chi connectivity index (χ4n) is 2.18. The number of carbonyl (C=O) groups excluding carboxylic acids is 2. The van der Waals surface area contributed by atoms with Crippen LogP contribution in [0.5, 0.6) is 0 Å². The molecule has 0 saturated heterocycles. The van der Waals surface area contributed by atoms with Crippen LogP contribution in [0.15, 0.2) is 0 Å². The quantitative estimate of drug-likeness (QED) is 0.695. The predicted molar refractivity (Wildman–Crippen MR) is 53.4 cm³/mol. The van der Waals surface area contributed by atoms with Gasteiger partial charge in [-0.1, -0.05) is 6.42 Å². The molecule has 0 bridgehead atoms. The molecule has 1 saturated carbocycles. The molecule has 1 aliphatic rings. The van der Waals surface area contributed by atoms with Gasteiger partial charge in [0.1, 0.15) is 0 Å². The zero-order valence-electron chi connectivity index (χ0n) is 8.58. The second kappa shape index (κ2) is 4.98. The van der Waals surface area contributed by atoms with E-state index in [1.54, 1.807) is 0 Å². The Bertz CT molecular complexity index is 206. The normalized spacial score (nSPS) is 26.9. The Hall–Kier alpha value is -1.06. The molecule has 0 aliphatic heterocycles. The maximum absolute atomic E-state index is 10.8. The molecule has 1 rings (SSSR count). The number of amides is 2. The van der Waals surface area contributed by atoms with E-state index in [1.807, 2.05) is 0 Å². The molecular weight excluding hydrogens is 180 g/mol. The second-order valence-corrected chi connectivity index (χ2v) is 4.10. The van der Waals surface area contributed by atoms with E-state index in [-0.39, 0.29) is 17.9 Å². The van der Waals surface area contributed by atoms with Crippen molar-refractivity contribution in [3.63, 3.8) is 0 Å². The topological polar surface area (TPSA) is 72.2 Å². The molecule has 0 heterocycles. The Kier molecular flexibility index (Phi) is 3.92. The van der Waals surface area contributed by atoms with Crippen molar-refractivity contribution in [1.82, 2.24) is 5.32 Å². The smallest absolute Gasteiger partial charge is 0.217 e. The van der Waals surface area contributed by atoms with Gasteiger partial charge in [-0.05, 0) is 25.2 Å². The largest absolute Gasteiger partial charge is 0.370 e. The summed E-state index contributed by atoms with van der Waals surface area (Å²) in [5.41, 5.74) is 5.14. The van der Waals surface area contributed by atoms with Crippen molar-refractivity contribution in [1.29, 1.82) is 0 Å². The summed E-state index contributed by atoms with van der Waals surface area (Å²) in [7, 11) is 0. The van der Waals surface area contributed by atoms with Gasteiger partial charge >= 0.3 is 0 Å². The van der Waals surface area contributed by atoms with Gasteiger partial charge in [-0.2, -0.15) is 0 Å². The molecule has 0 aromatic rings. The maximum Gasteiger partial charge on any atom is 0.217 e. The molecule has 4 heteroatoms. The Morgan fingerprint density at radius 2 is 2.14 bits per heavy atom. The Morgan fingerprint density at radius 3 is 2.71 bits per heavy atom. The highest BCUT2D eigenvalue weighted by atomic mass is 16.1. The monoisotopic (exact) mass is 198 g/mol. The Balaban J connectivity index is 2.35. The molecule has 4 nitrogen and oxygen atoms in total. The average Bonchev–Trinajstić information content (AvgIpc) is 2.01. The van der Waals surface area contributed by atoms with Gasteiger partial charge in [0.15, 0.2) is 0 Å². The summed E-state index contributed by atoms with van der Waals surface area (Å²) in [5.74, 6) is 0.131. The summed E-state index contributed by atoms with van der Waals surface area (Å²) in [4.78, 5) is 21.6. The van der Waals surface area contributed by atoms with Gasteiger partial charge in [0, 0.05) is 19.4 Å². The number of carbonyl (C=O) groups is 2. The van der Waals surface area contributed by atoms with E-state index >= 15 is 0 Å². The molecule has 14 heavy (non-hydrogen) atoms. The Labute approximate surface area is 84.2 Å². The van der Waals surface area contributed by atoms with Crippen LogP contribution in [-0.2, 0) is 9.59 Å². The van der Waals surface area contributed by atoms with Gasteiger partial charge < -0.3 is 11.1 Å². The van der Waals surface area contributed by atoms with Gasteiger partial charge in [-0.25, -0.2) is 0 Å². The number of nitrogens with one attached hydrogen (secondary N) is 1. The van der Waals surface area contributed by atoms with Crippen LogP contribution in [-0.4, -0.2) is 17.9 Å².